The summed E-state index contributed by atoms with van der Waals surface area (Å²) in [5, 5.41) is 3.04. The first-order valence-corrected chi connectivity index (χ1v) is 11.0. The Morgan fingerprint density at radius 2 is 2.00 bits per heavy atom. The van der Waals surface area contributed by atoms with Gasteiger partial charge in [0.05, 0.1) is 17.0 Å². The summed E-state index contributed by atoms with van der Waals surface area (Å²) in [4.78, 5) is 57.6. The third kappa shape index (κ3) is 4.17. The average molecular weight is 448 g/mol. The van der Waals surface area contributed by atoms with E-state index in [9.17, 15) is 19.2 Å². The minimum Gasteiger partial charge on any atom is -0.368 e. The first kappa shape index (κ1) is 21.1. The number of nitrogens with two attached hydrogens (primary N) is 1. The Kier molecular flexibility index (Phi) is 5.29. The Labute approximate surface area is 188 Å². The lowest BCUT2D eigenvalue weighted by Gasteiger charge is -2.22. The van der Waals surface area contributed by atoms with Crippen LogP contribution in [0.4, 0.5) is 5.69 Å². The lowest BCUT2D eigenvalue weighted by atomic mass is 10.1. The molecule has 3 heterocycles. The number of nitrogens with zero attached hydrogens (tertiary/aromatic N) is 3. The van der Waals surface area contributed by atoms with Crippen LogP contribution in [-0.2, 0) is 11.3 Å². The summed E-state index contributed by atoms with van der Waals surface area (Å²) >= 11 is 0. The fourth-order valence-corrected chi connectivity index (χ4v) is 4.46. The van der Waals surface area contributed by atoms with Crippen molar-refractivity contribution in [3.8, 4) is 0 Å². The number of nitrogens with one attached hydrogen (secondary N) is 2. The number of pyridine rings is 1. The molecule has 1 aliphatic carbocycles. The molecular formula is C23H24N6O4. The molecule has 0 spiro atoms. The Morgan fingerprint density at radius 3 is 2.76 bits per heavy atom. The first-order valence-electron chi connectivity index (χ1n) is 11.0. The molecule has 170 valence electrons. The number of H-pyrrole nitrogens is 1. The number of benzene rings is 1. The number of primary amides is 1. The standard InChI is InChI=1S/C23H24N6O4/c24-19(30)18-5-2-8-28(18)12-13-3-1-4-15(9-13)26-21(31)14-10-17-20(25-11-14)29(16-6-7-16)23(33)27-22(17)32/h1,3-4,9-11,16,18H,2,5-8,12H2,(H2,24,30)(H,26,31)(H,27,32,33). The molecule has 1 aromatic carbocycles. The highest BCUT2D eigenvalue weighted by atomic mass is 16.2. The fourth-order valence-electron chi connectivity index (χ4n) is 4.46. The van der Waals surface area contributed by atoms with Gasteiger partial charge in [0, 0.05) is 24.5 Å². The van der Waals surface area contributed by atoms with Crippen LogP contribution < -0.4 is 22.3 Å². The van der Waals surface area contributed by atoms with Crippen molar-refractivity contribution in [2.45, 2.75) is 44.3 Å². The van der Waals surface area contributed by atoms with Gasteiger partial charge < -0.3 is 11.1 Å². The summed E-state index contributed by atoms with van der Waals surface area (Å²) in [6.45, 7) is 1.36. The summed E-state index contributed by atoms with van der Waals surface area (Å²) in [7, 11) is 0. The molecule has 1 saturated heterocycles. The van der Waals surface area contributed by atoms with Gasteiger partial charge in [-0.25, -0.2) is 9.78 Å². The smallest absolute Gasteiger partial charge is 0.330 e. The highest BCUT2D eigenvalue weighted by Crippen LogP contribution is 2.34. The predicted octanol–water partition coefficient (Wildman–Crippen LogP) is 1.12. The van der Waals surface area contributed by atoms with Crippen LogP contribution in [0.3, 0.4) is 0 Å². The van der Waals surface area contributed by atoms with Crippen LogP contribution in [0.2, 0.25) is 0 Å². The topological polar surface area (TPSA) is 143 Å². The second-order valence-corrected chi connectivity index (χ2v) is 8.64. The maximum absolute atomic E-state index is 12.9. The van der Waals surface area contributed by atoms with Crippen LogP contribution in [0.15, 0.2) is 46.1 Å². The fraction of sp³-hybridized carbons (Fsp3) is 0.348. The van der Waals surface area contributed by atoms with Gasteiger partial charge in [0.2, 0.25) is 5.91 Å². The molecule has 33 heavy (non-hydrogen) atoms. The number of likely N-dealkylation sites (tertiary alicyclic amines) is 1. The van der Waals surface area contributed by atoms with Gasteiger partial charge in [0.25, 0.3) is 11.5 Å². The van der Waals surface area contributed by atoms with Crippen molar-refractivity contribution >= 4 is 28.5 Å². The van der Waals surface area contributed by atoms with E-state index in [-0.39, 0.29) is 28.9 Å². The SMILES string of the molecule is NC(=O)C1CCCN1Cc1cccc(NC(=O)c2cnc3c(c2)c(=O)[nH]c(=O)n3C2CC2)c1. The van der Waals surface area contributed by atoms with E-state index in [1.807, 2.05) is 23.1 Å². The van der Waals surface area contributed by atoms with Gasteiger partial charge in [0.15, 0.2) is 0 Å². The Balaban J connectivity index is 1.37. The van der Waals surface area contributed by atoms with E-state index in [1.54, 1.807) is 6.07 Å². The monoisotopic (exact) mass is 448 g/mol. The van der Waals surface area contributed by atoms with E-state index in [0.29, 0.717) is 17.9 Å². The molecule has 5 rings (SSSR count). The highest BCUT2D eigenvalue weighted by Gasteiger charge is 2.29. The zero-order chi connectivity index (χ0) is 23.1. The normalized spacial score (nSPS) is 18.5. The molecule has 1 atom stereocenters. The first-order chi connectivity index (χ1) is 15.9. The van der Waals surface area contributed by atoms with Crippen molar-refractivity contribution in [1.29, 1.82) is 0 Å². The van der Waals surface area contributed by atoms with Crippen LogP contribution in [0.1, 0.15) is 47.6 Å². The number of carbonyl (C=O) groups is 2. The van der Waals surface area contributed by atoms with Crippen molar-refractivity contribution in [1.82, 2.24) is 19.4 Å². The van der Waals surface area contributed by atoms with E-state index in [4.69, 9.17) is 5.73 Å². The van der Waals surface area contributed by atoms with Crippen molar-refractivity contribution < 1.29 is 9.59 Å². The van der Waals surface area contributed by atoms with Crippen LogP contribution in [-0.4, -0.2) is 43.8 Å². The van der Waals surface area contributed by atoms with Gasteiger partial charge >= 0.3 is 5.69 Å². The molecule has 10 heteroatoms. The molecule has 2 fully saturated rings. The van der Waals surface area contributed by atoms with E-state index in [2.05, 4.69) is 15.3 Å². The molecule has 1 unspecified atom stereocenters. The summed E-state index contributed by atoms with van der Waals surface area (Å²) in [6, 6.07) is 8.61. The minimum atomic E-state index is -0.564. The van der Waals surface area contributed by atoms with E-state index >= 15 is 0 Å². The summed E-state index contributed by atoms with van der Waals surface area (Å²) < 4.78 is 1.49. The Hall–Kier alpha value is -3.79. The summed E-state index contributed by atoms with van der Waals surface area (Å²) in [5.74, 6) is -0.732. The largest absolute Gasteiger partial charge is 0.368 e. The second kappa shape index (κ2) is 8.28. The molecule has 0 radical (unpaired) electrons. The minimum absolute atomic E-state index is 0.0385. The molecule has 2 aliphatic rings. The van der Waals surface area contributed by atoms with E-state index in [1.165, 1.54) is 16.8 Å². The van der Waals surface area contributed by atoms with Crippen LogP contribution in [0, 0.1) is 0 Å². The van der Waals surface area contributed by atoms with Gasteiger partial charge in [-0.15, -0.1) is 0 Å². The van der Waals surface area contributed by atoms with Crippen molar-refractivity contribution in [2.24, 2.45) is 5.73 Å². The van der Waals surface area contributed by atoms with Crippen molar-refractivity contribution in [3.05, 3.63) is 68.5 Å². The van der Waals surface area contributed by atoms with Gasteiger partial charge in [-0.2, -0.15) is 0 Å². The predicted molar refractivity (Wildman–Crippen MR) is 122 cm³/mol. The number of anilines is 1. The van der Waals surface area contributed by atoms with Gasteiger partial charge in [-0.05, 0) is 56.0 Å². The van der Waals surface area contributed by atoms with Crippen LogP contribution in [0.5, 0.6) is 0 Å². The molecule has 10 nitrogen and oxygen atoms in total. The Morgan fingerprint density at radius 1 is 1.18 bits per heavy atom. The number of rotatable bonds is 6. The maximum Gasteiger partial charge on any atom is 0.330 e. The van der Waals surface area contributed by atoms with Crippen LogP contribution >= 0.6 is 0 Å². The third-order valence-corrected chi connectivity index (χ3v) is 6.22. The number of aromatic nitrogens is 3. The summed E-state index contributed by atoms with van der Waals surface area (Å²) in [5.41, 5.74) is 6.50. The maximum atomic E-state index is 12.9. The van der Waals surface area contributed by atoms with E-state index < -0.39 is 17.2 Å². The quantitative estimate of drug-likeness (QED) is 0.516. The molecule has 0 bridgehead atoms. The van der Waals surface area contributed by atoms with Crippen molar-refractivity contribution in [2.75, 3.05) is 11.9 Å². The lowest BCUT2D eigenvalue weighted by Crippen LogP contribution is -2.39. The van der Waals surface area contributed by atoms with Crippen LogP contribution in [0.25, 0.3) is 11.0 Å². The molecule has 4 N–H and O–H groups in total. The van der Waals surface area contributed by atoms with E-state index in [0.717, 1.165) is 37.8 Å². The molecular weight excluding hydrogens is 424 g/mol. The zero-order valence-corrected chi connectivity index (χ0v) is 17.9. The molecule has 1 aliphatic heterocycles. The van der Waals surface area contributed by atoms with Gasteiger partial charge in [-0.3, -0.25) is 28.8 Å². The van der Waals surface area contributed by atoms with Gasteiger partial charge in [0.1, 0.15) is 5.65 Å². The number of fused-ring (bicyclic) bond motifs is 1. The Bertz CT molecular complexity index is 1370. The number of amides is 2. The molecule has 2 aromatic heterocycles. The number of aromatic amines is 1. The number of hydrogen-bond acceptors (Lipinski definition) is 6. The molecule has 2 amide bonds. The lowest BCUT2D eigenvalue weighted by molar-refractivity contribution is -0.122. The van der Waals surface area contributed by atoms with Gasteiger partial charge in [-0.1, -0.05) is 12.1 Å². The van der Waals surface area contributed by atoms with Crippen molar-refractivity contribution in [3.63, 3.8) is 0 Å². The molecule has 3 aromatic rings. The summed E-state index contributed by atoms with van der Waals surface area (Å²) in [6.07, 6.45) is 4.78. The zero-order valence-electron chi connectivity index (χ0n) is 17.9. The average Bonchev–Trinajstić information content (AvgIpc) is 3.50. The highest BCUT2D eigenvalue weighted by molar-refractivity contribution is 6.05. The second-order valence-electron chi connectivity index (χ2n) is 8.64. The molecule has 1 saturated carbocycles. The number of hydrogen-bond donors (Lipinski definition) is 3. The third-order valence-electron chi connectivity index (χ3n) is 6.22. The number of carbonyl (C=O) groups excluding carboxylic acids is 2.